The van der Waals surface area contributed by atoms with Crippen LogP contribution in [0.15, 0.2) is 0 Å². The summed E-state index contributed by atoms with van der Waals surface area (Å²) < 4.78 is 69.0. The molecule has 2 unspecified atom stereocenters. The van der Waals surface area contributed by atoms with Gasteiger partial charge in [0.2, 0.25) is 0 Å². The molecular weight excluding hydrogens is 1400 g/mol. The largest absolute Gasteiger partial charge is 0.472 e. The first kappa shape index (κ1) is 106. The normalized spacial score (nSPS) is 13.7. The van der Waals surface area contributed by atoms with Gasteiger partial charge in [0.05, 0.1) is 26.4 Å². The Hall–Kier alpha value is -1.94. The number of carbonyl (C=O) groups excluding carboxylic acids is 4. The SMILES string of the molecule is CCCCCCCCCCCCCCCCCCCCCCC(=O)O[C@H](COC(=O)CCCCCCCCCCCCCCCCCCCCC)COP(=O)(O)OC[C@@H](O)COP(=O)(O)OC[C@@H](COC(=O)CCCCCCCCCCCCCC)OC(=O)CCCCCCCCCCCCCCCCCCC. The predicted molar refractivity (Wildman–Crippen MR) is 446 cm³/mol. The van der Waals surface area contributed by atoms with E-state index in [1.165, 1.54) is 321 Å². The molecule has 0 saturated carbocycles. The number of phosphoric acid groups is 2. The lowest BCUT2D eigenvalue weighted by Crippen LogP contribution is -2.30. The molecule has 0 radical (unpaired) electrons. The van der Waals surface area contributed by atoms with Gasteiger partial charge < -0.3 is 33.8 Å². The maximum atomic E-state index is 13.2. The number of aliphatic hydroxyl groups is 1. The Morgan fingerprint density at radius 1 is 0.222 bits per heavy atom. The van der Waals surface area contributed by atoms with Crippen LogP contribution >= 0.6 is 15.6 Å². The molecular formula is C89H174O17P2. The Balaban J connectivity index is 5.24. The average molecular weight is 1580 g/mol. The number of carbonyl (C=O) groups is 4. The van der Waals surface area contributed by atoms with Gasteiger partial charge in [0.25, 0.3) is 0 Å². The Kier molecular flexibility index (Phi) is 81.5. The molecule has 108 heavy (non-hydrogen) atoms. The van der Waals surface area contributed by atoms with Gasteiger partial charge >= 0.3 is 39.5 Å². The summed E-state index contributed by atoms with van der Waals surface area (Å²) in [6.45, 7) is 5.08. The first-order chi connectivity index (χ1) is 52.7. The van der Waals surface area contributed by atoms with Crippen LogP contribution in [0.5, 0.6) is 0 Å². The van der Waals surface area contributed by atoms with Crippen LogP contribution in [0, 0.1) is 0 Å². The molecule has 0 aromatic rings. The summed E-state index contributed by atoms with van der Waals surface area (Å²) in [5.74, 6) is -2.09. The van der Waals surface area contributed by atoms with Gasteiger partial charge in [-0.15, -0.1) is 0 Å². The van der Waals surface area contributed by atoms with Crippen molar-refractivity contribution in [2.24, 2.45) is 0 Å². The zero-order valence-corrected chi connectivity index (χ0v) is 72.6. The molecule has 0 heterocycles. The second-order valence-electron chi connectivity index (χ2n) is 32.0. The summed E-state index contributed by atoms with van der Waals surface area (Å²) in [6.07, 6.45) is 79.1. The number of hydrogen-bond acceptors (Lipinski definition) is 15. The van der Waals surface area contributed by atoms with Crippen molar-refractivity contribution in [3.8, 4) is 0 Å². The van der Waals surface area contributed by atoms with Gasteiger partial charge in [-0.05, 0) is 25.7 Å². The number of hydrogen-bond donors (Lipinski definition) is 3. The van der Waals surface area contributed by atoms with E-state index >= 15 is 0 Å². The molecule has 0 aliphatic carbocycles. The van der Waals surface area contributed by atoms with E-state index in [0.29, 0.717) is 25.7 Å². The minimum Gasteiger partial charge on any atom is -0.462 e. The van der Waals surface area contributed by atoms with E-state index in [4.69, 9.17) is 37.0 Å². The first-order valence-electron chi connectivity index (χ1n) is 46.3. The van der Waals surface area contributed by atoms with Gasteiger partial charge in [0.15, 0.2) is 12.2 Å². The minimum atomic E-state index is -4.97. The van der Waals surface area contributed by atoms with Crippen LogP contribution < -0.4 is 0 Å². The smallest absolute Gasteiger partial charge is 0.462 e. The zero-order valence-electron chi connectivity index (χ0n) is 70.8. The first-order valence-corrected chi connectivity index (χ1v) is 49.3. The maximum absolute atomic E-state index is 13.2. The van der Waals surface area contributed by atoms with Crippen molar-refractivity contribution in [1.82, 2.24) is 0 Å². The van der Waals surface area contributed by atoms with Gasteiger partial charge in [0, 0.05) is 25.7 Å². The lowest BCUT2D eigenvalue weighted by Gasteiger charge is -2.21. The highest BCUT2D eigenvalue weighted by Crippen LogP contribution is 2.45. The van der Waals surface area contributed by atoms with Crippen LogP contribution in [0.25, 0.3) is 0 Å². The van der Waals surface area contributed by atoms with Crippen LogP contribution in [-0.4, -0.2) is 96.7 Å². The molecule has 0 amide bonds. The van der Waals surface area contributed by atoms with Gasteiger partial charge in [-0.2, -0.15) is 0 Å². The van der Waals surface area contributed by atoms with E-state index in [2.05, 4.69) is 27.7 Å². The van der Waals surface area contributed by atoms with Crippen LogP contribution in [0.3, 0.4) is 0 Å². The highest BCUT2D eigenvalue weighted by atomic mass is 31.2. The van der Waals surface area contributed by atoms with Crippen LogP contribution in [0.4, 0.5) is 0 Å². The zero-order chi connectivity index (χ0) is 78.9. The molecule has 0 aromatic carbocycles. The van der Waals surface area contributed by atoms with E-state index in [1.807, 2.05) is 0 Å². The molecule has 0 rings (SSSR count). The summed E-state index contributed by atoms with van der Waals surface area (Å²) in [6, 6.07) is 0. The van der Waals surface area contributed by atoms with E-state index in [-0.39, 0.29) is 25.7 Å². The number of phosphoric ester groups is 2. The summed E-state index contributed by atoms with van der Waals surface area (Å²) in [5, 5.41) is 10.7. The molecule has 0 aliphatic rings. The molecule has 642 valence electrons. The van der Waals surface area contributed by atoms with Crippen molar-refractivity contribution in [3.05, 3.63) is 0 Å². The maximum Gasteiger partial charge on any atom is 0.472 e. The Morgan fingerprint density at radius 3 is 0.546 bits per heavy atom. The number of aliphatic hydroxyl groups excluding tert-OH is 1. The molecule has 0 aliphatic heterocycles. The summed E-state index contributed by atoms with van der Waals surface area (Å²) in [5.41, 5.74) is 0. The second kappa shape index (κ2) is 83.0. The predicted octanol–water partition coefficient (Wildman–Crippen LogP) is 27.7. The molecule has 0 aromatic heterocycles. The highest BCUT2D eigenvalue weighted by molar-refractivity contribution is 7.47. The van der Waals surface area contributed by atoms with E-state index in [1.54, 1.807) is 0 Å². The van der Waals surface area contributed by atoms with Crippen molar-refractivity contribution >= 4 is 39.5 Å². The third kappa shape index (κ3) is 82.1. The number of unbranched alkanes of at least 4 members (excludes halogenated alkanes) is 64. The fourth-order valence-corrected chi connectivity index (χ4v) is 15.6. The molecule has 0 fully saturated rings. The topological polar surface area (TPSA) is 237 Å². The molecule has 0 saturated heterocycles. The summed E-state index contributed by atoms with van der Waals surface area (Å²) >= 11 is 0. The van der Waals surface area contributed by atoms with Crippen molar-refractivity contribution < 1.29 is 80.2 Å². The Labute approximate surface area is 664 Å². The van der Waals surface area contributed by atoms with Crippen LogP contribution in [-0.2, 0) is 65.4 Å². The molecule has 5 atom stereocenters. The van der Waals surface area contributed by atoms with Gasteiger partial charge in [-0.3, -0.25) is 37.3 Å². The fourth-order valence-electron chi connectivity index (χ4n) is 14.1. The molecule has 0 spiro atoms. The monoisotopic (exact) mass is 1580 g/mol. The van der Waals surface area contributed by atoms with Crippen molar-refractivity contribution in [1.29, 1.82) is 0 Å². The quantitative estimate of drug-likeness (QED) is 0.0222. The summed E-state index contributed by atoms with van der Waals surface area (Å²) in [4.78, 5) is 73.4. The second-order valence-corrected chi connectivity index (χ2v) is 34.9. The lowest BCUT2D eigenvalue weighted by molar-refractivity contribution is -0.161. The van der Waals surface area contributed by atoms with Gasteiger partial charge in [-0.1, -0.05) is 439 Å². The molecule has 3 N–H and O–H groups in total. The summed E-state index contributed by atoms with van der Waals surface area (Å²) in [7, 11) is -9.93. The van der Waals surface area contributed by atoms with Gasteiger partial charge in [0.1, 0.15) is 19.3 Å². The van der Waals surface area contributed by atoms with Crippen molar-refractivity contribution in [2.45, 2.75) is 508 Å². The number of rotatable bonds is 90. The standard InChI is InChI=1S/C89H174O17P2/c1-5-9-13-17-21-25-29-33-36-39-41-43-46-49-52-56-60-64-68-72-76-89(94)106-85(80-100-87(92)74-70-66-62-58-54-50-47-45-42-40-37-34-30-26-22-18-14-10-6-2)82-104-108(97,98)102-78-83(90)77-101-107(95,96)103-81-84(79-99-86(91)73-69-65-61-57-53-32-28-24-20-16-12-8-4)105-88(93)75-71-67-63-59-55-51-48-44-38-35-31-27-23-19-15-11-7-3/h83-85,90H,5-82H2,1-4H3,(H,95,96)(H,97,98)/t83-,84+,85+/m0/s1. The van der Waals surface area contributed by atoms with Crippen LogP contribution in [0.2, 0.25) is 0 Å². The highest BCUT2D eigenvalue weighted by Gasteiger charge is 2.30. The van der Waals surface area contributed by atoms with Gasteiger partial charge in [-0.25, -0.2) is 9.13 Å². The minimum absolute atomic E-state index is 0.110. The van der Waals surface area contributed by atoms with Crippen molar-refractivity contribution in [2.75, 3.05) is 39.6 Å². The third-order valence-corrected chi connectivity index (χ3v) is 23.0. The van der Waals surface area contributed by atoms with Crippen LogP contribution in [0.1, 0.15) is 490 Å². The van der Waals surface area contributed by atoms with E-state index in [0.717, 1.165) is 89.9 Å². The molecule has 17 nitrogen and oxygen atoms in total. The molecule has 0 bridgehead atoms. The Bertz CT molecular complexity index is 2030. The average Bonchev–Trinajstić information content (AvgIpc) is 0.915. The van der Waals surface area contributed by atoms with E-state index in [9.17, 15) is 43.2 Å². The molecule has 19 heteroatoms. The fraction of sp³-hybridized carbons (Fsp3) is 0.955. The lowest BCUT2D eigenvalue weighted by atomic mass is 10.0. The van der Waals surface area contributed by atoms with E-state index < -0.39 is 97.5 Å². The van der Waals surface area contributed by atoms with Crippen molar-refractivity contribution in [3.63, 3.8) is 0 Å². The third-order valence-electron chi connectivity index (χ3n) is 21.1. The number of ether oxygens (including phenoxy) is 4. The Morgan fingerprint density at radius 2 is 0.370 bits per heavy atom. The number of esters is 4.